The highest BCUT2D eigenvalue weighted by Crippen LogP contribution is 2.23. The van der Waals surface area contributed by atoms with Crippen molar-refractivity contribution in [2.24, 2.45) is 0 Å². The summed E-state index contributed by atoms with van der Waals surface area (Å²) in [4.78, 5) is 24.8. The Hall–Kier alpha value is -2.92. The fourth-order valence-electron chi connectivity index (χ4n) is 2.75. The summed E-state index contributed by atoms with van der Waals surface area (Å²) in [5.74, 6) is 0.425. The van der Waals surface area contributed by atoms with E-state index in [4.69, 9.17) is 9.47 Å². The highest BCUT2D eigenvalue weighted by Gasteiger charge is 2.10. The number of hydrogen-bond acceptors (Lipinski definition) is 4. The summed E-state index contributed by atoms with van der Waals surface area (Å²) in [7, 11) is 0. The van der Waals surface area contributed by atoms with Crippen molar-refractivity contribution in [3.8, 4) is 5.75 Å². The molecule has 134 valence electrons. The van der Waals surface area contributed by atoms with Gasteiger partial charge in [-0.2, -0.15) is 0 Å². The Bertz CT molecular complexity index is 947. The number of pyridine rings is 1. The van der Waals surface area contributed by atoms with Crippen LogP contribution in [0.25, 0.3) is 10.8 Å². The highest BCUT2D eigenvalue weighted by atomic mass is 16.5. The maximum atomic E-state index is 12.6. The number of fused-ring (bicyclic) bond motifs is 1. The van der Waals surface area contributed by atoms with Crippen LogP contribution in [-0.4, -0.2) is 30.2 Å². The Balaban J connectivity index is 1.80. The summed E-state index contributed by atoms with van der Waals surface area (Å²) in [6.07, 6.45) is 1.73. The lowest BCUT2D eigenvalue weighted by Crippen LogP contribution is -2.22. The van der Waals surface area contributed by atoms with Gasteiger partial charge in [0.1, 0.15) is 5.75 Å². The van der Waals surface area contributed by atoms with Crippen LogP contribution in [0.1, 0.15) is 17.3 Å². The number of aromatic nitrogens is 1. The Morgan fingerprint density at radius 3 is 2.58 bits per heavy atom. The molecule has 0 spiro atoms. The molecular weight excluding hydrogens is 330 g/mol. The molecule has 0 bridgehead atoms. The lowest BCUT2D eigenvalue weighted by molar-refractivity contribution is 0.0922. The van der Waals surface area contributed by atoms with Gasteiger partial charge < -0.3 is 14.0 Å². The summed E-state index contributed by atoms with van der Waals surface area (Å²) < 4.78 is 12.6. The van der Waals surface area contributed by atoms with Crippen molar-refractivity contribution in [2.45, 2.75) is 13.5 Å². The maximum absolute atomic E-state index is 12.6. The third-order valence-corrected chi connectivity index (χ3v) is 4.11. The SMILES string of the molecule is CCOCCn1ccc2c(OCC(=O)c3ccccc3)cccc2c1=O. The van der Waals surface area contributed by atoms with Gasteiger partial charge in [-0.1, -0.05) is 36.4 Å². The topological polar surface area (TPSA) is 57.5 Å². The number of benzene rings is 2. The van der Waals surface area contributed by atoms with Gasteiger partial charge in [-0.25, -0.2) is 0 Å². The van der Waals surface area contributed by atoms with Gasteiger partial charge in [-0.3, -0.25) is 9.59 Å². The smallest absolute Gasteiger partial charge is 0.258 e. The molecule has 0 amide bonds. The fourth-order valence-corrected chi connectivity index (χ4v) is 2.75. The molecule has 3 aromatic rings. The fraction of sp³-hybridized carbons (Fsp3) is 0.238. The second-order valence-corrected chi connectivity index (χ2v) is 5.81. The number of ketones is 1. The molecule has 26 heavy (non-hydrogen) atoms. The largest absolute Gasteiger partial charge is 0.485 e. The van der Waals surface area contributed by atoms with Crippen LogP contribution in [0.15, 0.2) is 65.6 Å². The Morgan fingerprint density at radius 1 is 1.00 bits per heavy atom. The number of Topliss-reactive ketones (excluding diaryl/α,β-unsaturated/α-hetero) is 1. The number of rotatable bonds is 8. The summed E-state index contributed by atoms with van der Waals surface area (Å²) in [5, 5.41) is 1.26. The molecule has 1 heterocycles. The van der Waals surface area contributed by atoms with E-state index in [1.165, 1.54) is 0 Å². The third kappa shape index (κ3) is 4.00. The minimum absolute atomic E-state index is 0.0729. The quantitative estimate of drug-likeness (QED) is 0.461. The Labute approximate surface area is 151 Å². The molecule has 0 aliphatic heterocycles. The zero-order valence-corrected chi connectivity index (χ0v) is 14.7. The molecule has 5 nitrogen and oxygen atoms in total. The Morgan fingerprint density at radius 2 is 1.81 bits per heavy atom. The summed E-state index contributed by atoms with van der Waals surface area (Å²) in [5.41, 5.74) is 0.507. The van der Waals surface area contributed by atoms with Gasteiger partial charge in [-0.05, 0) is 25.1 Å². The first kappa shape index (κ1) is 17.9. The summed E-state index contributed by atoms with van der Waals surface area (Å²) >= 11 is 0. The predicted molar refractivity (Wildman–Crippen MR) is 101 cm³/mol. The van der Waals surface area contributed by atoms with Gasteiger partial charge in [0.25, 0.3) is 5.56 Å². The molecule has 0 atom stereocenters. The van der Waals surface area contributed by atoms with Crippen LogP contribution in [0.2, 0.25) is 0 Å². The van der Waals surface area contributed by atoms with Crippen molar-refractivity contribution in [1.29, 1.82) is 0 Å². The van der Waals surface area contributed by atoms with Gasteiger partial charge in [-0.15, -0.1) is 0 Å². The number of carbonyl (C=O) groups is 1. The Kier molecular flexibility index (Phi) is 5.81. The molecular formula is C21H21NO4. The first-order valence-electron chi connectivity index (χ1n) is 8.61. The van der Waals surface area contributed by atoms with E-state index in [2.05, 4.69) is 0 Å². The van der Waals surface area contributed by atoms with Crippen molar-refractivity contribution in [3.05, 3.63) is 76.7 Å². The van der Waals surface area contributed by atoms with Crippen LogP contribution in [0.3, 0.4) is 0 Å². The molecule has 5 heteroatoms. The molecule has 0 saturated carbocycles. The molecule has 2 aromatic carbocycles. The van der Waals surface area contributed by atoms with Gasteiger partial charge in [0.2, 0.25) is 0 Å². The standard InChI is InChI=1S/C21H21NO4/c1-2-25-14-13-22-12-11-17-18(21(22)24)9-6-10-20(17)26-15-19(23)16-7-4-3-5-8-16/h3-12H,2,13-15H2,1H3. The van der Waals surface area contributed by atoms with E-state index in [1.54, 1.807) is 41.1 Å². The first-order chi connectivity index (χ1) is 12.7. The van der Waals surface area contributed by atoms with Crippen molar-refractivity contribution in [2.75, 3.05) is 19.8 Å². The van der Waals surface area contributed by atoms with Crippen molar-refractivity contribution >= 4 is 16.6 Å². The molecule has 3 rings (SSSR count). The van der Waals surface area contributed by atoms with Crippen LogP contribution in [-0.2, 0) is 11.3 Å². The predicted octanol–water partition coefficient (Wildman–Crippen LogP) is 3.30. The summed E-state index contributed by atoms with van der Waals surface area (Å²) in [6, 6.07) is 16.1. The molecule has 0 N–H and O–H groups in total. The minimum atomic E-state index is -0.104. The van der Waals surface area contributed by atoms with Gasteiger partial charge in [0.05, 0.1) is 12.0 Å². The van der Waals surface area contributed by atoms with Crippen molar-refractivity contribution in [1.82, 2.24) is 4.57 Å². The average molecular weight is 351 g/mol. The monoisotopic (exact) mass is 351 g/mol. The number of carbonyl (C=O) groups excluding carboxylic acids is 1. The zero-order valence-electron chi connectivity index (χ0n) is 14.7. The molecule has 0 unspecified atom stereocenters. The second kappa shape index (κ2) is 8.45. The van der Waals surface area contributed by atoms with Crippen LogP contribution in [0.4, 0.5) is 0 Å². The number of nitrogens with zero attached hydrogens (tertiary/aromatic N) is 1. The summed E-state index contributed by atoms with van der Waals surface area (Å²) in [6.45, 7) is 3.46. The lowest BCUT2D eigenvalue weighted by Gasteiger charge is -2.11. The highest BCUT2D eigenvalue weighted by molar-refractivity contribution is 5.97. The average Bonchev–Trinajstić information content (AvgIpc) is 2.69. The van der Waals surface area contributed by atoms with E-state index in [-0.39, 0.29) is 17.9 Å². The third-order valence-electron chi connectivity index (χ3n) is 4.11. The lowest BCUT2D eigenvalue weighted by atomic mass is 10.1. The van der Waals surface area contributed by atoms with E-state index < -0.39 is 0 Å². The molecule has 0 saturated heterocycles. The van der Waals surface area contributed by atoms with Gasteiger partial charge >= 0.3 is 0 Å². The minimum Gasteiger partial charge on any atom is -0.485 e. The van der Waals surface area contributed by atoms with E-state index in [0.717, 1.165) is 0 Å². The molecule has 0 fully saturated rings. The molecule has 0 radical (unpaired) electrons. The number of ether oxygens (including phenoxy) is 2. The van der Waals surface area contributed by atoms with Crippen LogP contribution < -0.4 is 10.3 Å². The van der Waals surface area contributed by atoms with Crippen molar-refractivity contribution < 1.29 is 14.3 Å². The first-order valence-corrected chi connectivity index (χ1v) is 8.61. The maximum Gasteiger partial charge on any atom is 0.258 e. The van der Waals surface area contributed by atoms with Gasteiger partial charge in [0, 0.05) is 30.3 Å². The normalized spacial score (nSPS) is 10.8. The van der Waals surface area contributed by atoms with Gasteiger partial charge in [0.15, 0.2) is 12.4 Å². The van der Waals surface area contributed by atoms with E-state index >= 15 is 0 Å². The van der Waals surface area contributed by atoms with Crippen LogP contribution in [0, 0.1) is 0 Å². The van der Waals surface area contributed by atoms with E-state index in [1.807, 2.05) is 31.2 Å². The molecule has 0 aliphatic carbocycles. The van der Waals surface area contributed by atoms with Crippen LogP contribution >= 0.6 is 0 Å². The van der Waals surface area contributed by atoms with E-state index in [9.17, 15) is 9.59 Å². The molecule has 1 aromatic heterocycles. The second-order valence-electron chi connectivity index (χ2n) is 5.81. The molecule has 0 aliphatic rings. The van der Waals surface area contributed by atoms with Crippen LogP contribution in [0.5, 0.6) is 5.75 Å². The van der Waals surface area contributed by atoms with Crippen molar-refractivity contribution in [3.63, 3.8) is 0 Å². The zero-order chi connectivity index (χ0) is 18.4. The van der Waals surface area contributed by atoms with E-state index in [0.29, 0.717) is 41.8 Å². The number of hydrogen-bond donors (Lipinski definition) is 0.